The third-order valence-electron chi connectivity index (χ3n) is 4.97. The van der Waals surface area contributed by atoms with E-state index in [1.54, 1.807) is 0 Å². The lowest BCUT2D eigenvalue weighted by atomic mass is 9.80. The van der Waals surface area contributed by atoms with Gasteiger partial charge in [-0.1, -0.05) is 36.8 Å². The van der Waals surface area contributed by atoms with Gasteiger partial charge in [-0.3, -0.25) is 4.79 Å². The van der Waals surface area contributed by atoms with Gasteiger partial charge in [-0.15, -0.1) is 0 Å². The summed E-state index contributed by atoms with van der Waals surface area (Å²) >= 11 is 0. The molecule has 1 amide bonds. The summed E-state index contributed by atoms with van der Waals surface area (Å²) in [7, 11) is 0. The lowest BCUT2D eigenvalue weighted by molar-refractivity contribution is -0.317. The Morgan fingerprint density at radius 3 is 2.68 bits per heavy atom. The molecule has 4 nitrogen and oxygen atoms in total. The Balaban J connectivity index is 1.72. The molecule has 1 saturated carbocycles. The number of alkyl halides is 3. The van der Waals surface area contributed by atoms with E-state index in [-0.39, 0.29) is 12.8 Å². The van der Waals surface area contributed by atoms with Crippen LogP contribution >= 0.6 is 0 Å². The Morgan fingerprint density at radius 2 is 2.00 bits per heavy atom. The van der Waals surface area contributed by atoms with Crippen molar-refractivity contribution in [1.82, 2.24) is 5.01 Å². The van der Waals surface area contributed by atoms with Gasteiger partial charge >= 0.3 is 6.18 Å². The lowest BCUT2D eigenvalue weighted by Gasteiger charge is -2.38. The maximum absolute atomic E-state index is 13.6. The molecule has 0 bridgehead atoms. The number of fused-ring (bicyclic) bond motifs is 1. The molecule has 2 aliphatic rings. The van der Waals surface area contributed by atoms with Gasteiger partial charge < -0.3 is 5.11 Å². The van der Waals surface area contributed by atoms with Crippen LogP contribution in [0, 0.1) is 5.92 Å². The molecule has 25 heavy (non-hydrogen) atoms. The zero-order valence-electron chi connectivity index (χ0n) is 13.8. The smallest absolute Gasteiger partial charge is 0.362 e. The van der Waals surface area contributed by atoms with Crippen molar-refractivity contribution in [3.63, 3.8) is 0 Å². The SMILES string of the molecule is O=C(CCCc1ccccc1)N1N=C2CCCC[C@H]2[C@]1(O)C(F)(F)F. The number of amides is 1. The number of nitrogens with zero attached hydrogens (tertiary/aromatic N) is 2. The minimum absolute atomic E-state index is 0.0865. The van der Waals surface area contributed by atoms with E-state index in [1.807, 2.05) is 30.3 Å². The first-order valence-electron chi connectivity index (χ1n) is 8.57. The van der Waals surface area contributed by atoms with Gasteiger partial charge in [0.25, 0.3) is 5.72 Å². The Bertz CT molecular complexity index is 660. The normalized spacial score (nSPS) is 26.3. The van der Waals surface area contributed by atoms with Crippen LogP contribution < -0.4 is 0 Å². The summed E-state index contributed by atoms with van der Waals surface area (Å²) in [4.78, 5) is 12.4. The molecule has 136 valence electrons. The summed E-state index contributed by atoms with van der Waals surface area (Å²) < 4.78 is 40.8. The van der Waals surface area contributed by atoms with Crippen molar-refractivity contribution >= 4 is 11.6 Å². The van der Waals surface area contributed by atoms with Crippen molar-refractivity contribution in [3.8, 4) is 0 Å². The van der Waals surface area contributed by atoms with Crippen molar-refractivity contribution in [2.75, 3.05) is 0 Å². The second-order valence-electron chi connectivity index (χ2n) is 6.66. The van der Waals surface area contributed by atoms with Crippen LogP contribution in [0.1, 0.15) is 44.1 Å². The monoisotopic (exact) mass is 354 g/mol. The summed E-state index contributed by atoms with van der Waals surface area (Å²) in [5.41, 5.74) is -1.89. The summed E-state index contributed by atoms with van der Waals surface area (Å²) in [6.45, 7) is 0. The molecule has 0 radical (unpaired) electrons. The van der Waals surface area contributed by atoms with Gasteiger partial charge in [0, 0.05) is 12.1 Å². The summed E-state index contributed by atoms with van der Waals surface area (Å²) in [6.07, 6.45) is -2.10. The van der Waals surface area contributed by atoms with Crippen molar-refractivity contribution in [2.24, 2.45) is 11.0 Å². The summed E-state index contributed by atoms with van der Waals surface area (Å²) in [6, 6.07) is 9.43. The number of carbonyl (C=O) groups excluding carboxylic acids is 1. The third kappa shape index (κ3) is 3.29. The molecule has 0 unspecified atom stereocenters. The summed E-state index contributed by atoms with van der Waals surface area (Å²) in [5, 5.41) is 14.6. The molecule has 0 saturated heterocycles. The predicted octanol–water partition coefficient (Wildman–Crippen LogP) is 3.65. The molecule has 1 aliphatic carbocycles. The van der Waals surface area contributed by atoms with Gasteiger partial charge in [0.2, 0.25) is 5.91 Å². The predicted molar refractivity (Wildman–Crippen MR) is 86.6 cm³/mol. The van der Waals surface area contributed by atoms with E-state index in [0.29, 0.717) is 36.4 Å². The fourth-order valence-electron chi connectivity index (χ4n) is 3.66. The average molecular weight is 354 g/mol. The van der Waals surface area contributed by atoms with Crippen LogP contribution in [0.4, 0.5) is 13.2 Å². The first-order valence-corrected chi connectivity index (χ1v) is 8.57. The van der Waals surface area contributed by atoms with E-state index in [4.69, 9.17) is 0 Å². The molecule has 0 aromatic heterocycles. The van der Waals surface area contributed by atoms with Crippen molar-refractivity contribution in [1.29, 1.82) is 0 Å². The number of halogens is 3. The molecule has 1 heterocycles. The number of hydrogen-bond acceptors (Lipinski definition) is 3. The van der Waals surface area contributed by atoms with Crippen molar-refractivity contribution in [2.45, 2.75) is 56.8 Å². The van der Waals surface area contributed by atoms with Crippen LogP contribution in [0.25, 0.3) is 0 Å². The molecule has 1 fully saturated rings. The van der Waals surface area contributed by atoms with Crippen LogP contribution in [0.15, 0.2) is 35.4 Å². The minimum Gasteiger partial charge on any atom is -0.362 e. The van der Waals surface area contributed by atoms with Gasteiger partial charge in [-0.25, -0.2) is 0 Å². The van der Waals surface area contributed by atoms with Gasteiger partial charge in [0.1, 0.15) is 0 Å². The Morgan fingerprint density at radius 1 is 1.28 bits per heavy atom. The average Bonchev–Trinajstić information content (AvgIpc) is 2.90. The fraction of sp³-hybridized carbons (Fsp3) is 0.556. The van der Waals surface area contributed by atoms with Gasteiger partial charge in [-0.2, -0.15) is 23.3 Å². The number of aliphatic hydroxyl groups is 1. The van der Waals surface area contributed by atoms with E-state index >= 15 is 0 Å². The number of aryl methyl sites for hydroxylation is 1. The summed E-state index contributed by atoms with van der Waals surface area (Å²) in [5.74, 6) is -1.92. The highest BCUT2D eigenvalue weighted by Gasteiger charge is 2.68. The third-order valence-corrected chi connectivity index (χ3v) is 4.97. The number of benzene rings is 1. The second-order valence-corrected chi connectivity index (χ2v) is 6.66. The molecule has 2 atom stereocenters. The topological polar surface area (TPSA) is 52.9 Å². The fourth-order valence-corrected chi connectivity index (χ4v) is 3.66. The zero-order valence-corrected chi connectivity index (χ0v) is 13.8. The van der Waals surface area contributed by atoms with Crippen LogP contribution in [-0.4, -0.2) is 33.6 Å². The van der Waals surface area contributed by atoms with Crippen LogP contribution in [0.2, 0.25) is 0 Å². The van der Waals surface area contributed by atoms with Gasteiger partial charge in [-0.05, 0) is 37.7 Å². The number of carbonyl (C=O) groups is 1. The molecule has 1 aliphatic heterocycles. The second kappa shape index (κ2) is 6.78. The largest absolute Gasteiger partial charge is 0.439 e. The lowest BCUT2D eigenvalue weighted by Crippen LogP contribution is -2.61. The van der Waals surface area contributed by atoms with Crippen molar-refractivity contribution in [3.05, 3.63) is 35.9 Å². The van der Waals surface area contributed by atoms with E-state index < -0.39 is 23.7 Å². The van der Waals surface area contributed by atoms with E-state index in [9.17, 15) is 23.1 Å². The number of rotatable bonds is 4. The molecule has 3 rings (SSSR count). The Kier molecular flexibility index (Phi) is 4.86. The van der Waals surface area contributed by atoms with Gasteiger partial charge in [0.15, 0.2) is 0 Å². The zero-order chi connectivity index (χ0) is 18.1. The quantitative estimate of drug-likeness (QED) is 0.897. The van der Waals surface area contributed by atoms with Crippen LogP contribution in [0.3, 0.4) is 0 Å². The Hall–Kier alpha value is -1.89. The first kappa shape index (κ1) is 17.9. The molecule has 0 spiro atoms. The highest BCUT2D eigenvalue weighted by molar-refractivity contribution is 5.93. The first-order chi connectivity index (χ1) is 11.8. The number of hydrogen-bond donors (Lipinski definition) is 1. The molecule has 7 heteroatoms. The van der Waals surface area contributed by atoms with Crippen LogP contribution in [0.5, 0.6) is 0 Å². The minimum atomic E-state index is -4.94. The maximum atomic E-state index is 13.6. The molecular weight excluding hydrogens is 333 g/mol. The van der Waals surface area contributed by atoms with E-state index in [2.05, 4.69) is 5.10 Å². The molecule has 1 N–H and O–H groups in total. The molecule has 1 aromatic rings. The van der Waals surface area contributed by atoms with Crippen molar-refractivity contribution < 1.29 is 23.1 Å². The molecule has 1 aromatic carbocycles. The maximum Gasteiger partial charge on any atom is 0.439 e. The highest BCUT2D eigenvalue weighted by atomic mass is 19.4. The Labute approximate surface area is 144 Å². The number of hydrazone groups is 1. The molecular formula is C18H21F3N2O2. The standard InChI is InChI=1S/C18H21F3N2O2/c19-18(20,21)17(25)14-10-4-5-11-15(14)22-23(17)16(24)12-6-9-13-7-2-1-3-8-13/h1-3,7-8,14,25H,4-6,9-12H2/t14-,17+/m1/s1. The van der Waals surface area contributed by atoms with E-state index in [0.717, 1.165) is 12.0 Å². The van der Waals surface area contributed by atoms with E-state index in [1.165, 1.54) is 0 Å². The highest BCUT2D eigenvalue weighted by Crippen LogP contribution is 2.48. The van der Waals surface area contributed by atoms with Crippen LogP contribution in [-0.2, 0) is 11.2 Å². The van der Waals surface area contributed by atoms with Gasteiger partial charge in [0.05, 0.1) is 5.92 Å².